The van der Waals surface area contributed by atoms with Gasteiger partial charge in [-0.25, -0.2) is 5.84 Å². The highest BCUT2D eigenvalue weighted by Crippen LogP contribution is 2.19. The number of nitrogens with one attached hydrogen (secondary N) is 1. The summed E-state index contributed by atoms with van der Waals surface area (Å²) in [7, 11) is 0. The van der Waals surface area contributed by atoms with Crippen LogP contribution in [0.4, 0.5) is 0 Å². The van der Waals surface area contributed by atoms with Crippen LogP contribution in [0.15, 0.2) is 24.3 Å². The Morgan fingerprint density at radius 1 is 1.42 bits per heavy atom. The fourth-order valence-corrected chi connectivity index (χ4v) is 3.37. The second kappa shape index (κ2) is 6.93. The Balaban J connectivity index is 1.89. The number of thioether (sulfide) groups is 1. The van der Waals surface area contributed by atoms with E-state index in [4.69, 9.17) is 5.84 Å². The van der Waals surface area contributed by atoms with E-state index in [0.29, 0.717) is 6.42 Å². The SMILES string of the molecule is CC1CN(Cc2ccc(CC(=O)NN)cc2)CCS1. The summed E-state index contributed by atoms with van der Waals surface area (Å²) in [6, 6.07) is 8.22. The number of carbonyl (C=O) groups excluding carboxylic acids is 1. The van der Waals surface area contributed by atoms with Gasteiger partial charge in [0, 0.05) is 30.6 Å². The van der Waals surface area contributed by atoms with E-state index < -0.39 is 0 Å². The standard InChI is InChI=1S/C14H21N3OS/c1-11-9-17(6-7-19-11)10-13-4-2-12(3-5-13)8-14(18)16-15/h2-5,11H,6-10,15H2,1H3,(H,16,18). The molecule has 1 saturated heterocycles. The van der Waals surface area contributed by atoms with Crippen LogP contribution in [0.3, 0.4) is 0 Å². The van der Waals surface area contributed by atoms with Crippen molar-refractivity contribution < 1.29 is 4.79 Å². The number of carbonyl (C=O) groups is 1. The maximum atomic E-state index is 11.2. The zero-order valence-electron chi connectivity index (χ0n) is 11.3. The summed E-state index contributed by atoms with van der Waals surface area (Å²) in [5.41, 5.74) is 4.45. The molecule has 4 nitrogen and oxygen atoms in total. The van der Waals surface area contributed by atoms with E-state index in [0.717, 1.165) is 30.4 Å². The molecular weight excluding hydrogens is 258 g/mol. The van der Waals surface area contributed by atoms with Crippen molar-refractivity contribution in [2.75, 3.05) is 18.8 Å². The van der Waals surface area contributed by atoms with Crippen LogP contribution in [0.5, 0.6) is 0 Å². The van der Waals surface area contributed by atoms with Gasteiger partial charge in [-0.15, -0.1) is 0 Å². The molecule has 1 aliphatic rings. The summed E-state index contributed by atoms with van der Waals surface area (Å²) < 4.78 is 0. The quantitative estimate of drug-likeness (QED) is 0.493. The van der Waals surface area contributed by atoms with Crippen molar-refractivity contribution in [2.45, 2.75) is 25.1 Å². The normalized spacial score (nSPS) is 20.2. The lowest BCUT2D eigenvalue weighted by molar-refractivity contribution is -0.120. The third kappa shape index (κ3) is 4.53. The van der Waals surface area contributed by atoms with Crippen molar-refractivity contribution in [3.05, 3.63) is 35.4 Å². The predicted molar refractivity (Wildman–Crippen MR) is 79.7 cm³/mol. The molecule has 5 heteroatoms. The molecule has 0 radical (unpaired) electrons. The summed E-state index contributed by atoms with van der Waals surface area (Å²) in [5, 5.41) is 0.723. The maximum absolute atomic E-state index is 11.2. The predicted octanol–water partition coefficient (Wildman–Crippen LogP) is 1.16. The first-order valence-corrected chi connectivity index (χ1v) is 7.63. The fraction of sp³-hybridized carbons (Fsp3) is 0.500. The molecule has 19 heavy (non-hydrogen) atoms. The van der Waals surface area contributed by atoms with Gasteiger partial charge in [-0.1, -0.05) is 31.2 Å². The van der Waals surface area contributed by atoms with Gasteiger partial charge in [-0.2, -0.15) is 11.8 Å². The van der Waals surface area contributed by atoms with Gasteiger partial charge < -0.3 is 0 Å². The molecular formula is C14H21N3OS. The average molecular weight is 279 g/mol. The average Bonchev–Trinajstić information content (AvgIpc) is 2.41. The van der Waals surface area contributed by atoms with Gasteiger partial charge in [0.25, 0.3) is 0 Å². The van der Waals surface area contributed by atoms with E-state index in [1.54, 1.807) is 0 Å². The molecule has 1 aromatic carbocycles. The molecule has 0 spiro atoms. The minimum Gasteiger partial charge on any atom is -0.297 e. The van der Waals surface area contributed by atoms with Crippen LogP contribution < -0.4 is 11.3 Å². The highest BCUT2D eigenvalue weighted by atomic mass is 32.2. The Labute approximate surface area is 118 Å². The smallest absolute Gasteiger partial charge is 0.238 e. The summed E-state index contributed by atoms with van der Waals surface area (Å²) in [6.07, 6.45) is 0.341. The minimum atomic E-state index is -0.158. The number of rotatable bonds is 4. The monoisotopic (exact) mass is 279 g/mol. The number of nitrogens with zero attached hydrogens (tertiary/aromatic N) is 1. The summed E-state index contributed by atoms with van der Waals surface area (Å²) >= 11 is 2.05. The number of benzene rings is 1. The summed E-state index contributed by atoms with van der Waals surface area (Å²) in [6.45, 7) is 5.59. The second-order valence-corrected chi connectivity index (χ2v) is 6.52. The van der Waals surface area contributed by atoms with Crippen molar-refractivity contribution in [2.24, 2.45) is 5.84 Å². The van der Waals surface area contributed by atoms with Crippen LogP contribution in [-0.2, 0) is 17.8 Å². The zero-order chi connectivity index (χ0) is 13.7. The molecule has 104 valence electrons. The van der Waals surface area contributed by atoms with Gasteiger partial charge in [-0.3, -0.25) is 15.1 Å². The highest BCUT2D eigenvalue weighted by molar-refractivity contribution is 7.99. The van der Waals surface area contributed by atoms with E-state index in [1.807, 2.05) is 23.9 Å². The Bertz CT molecular complexity index is 421. The summed E-state index contributed by atoms with van der Waals surface area (Å²) in [4.78, 5) is 13.7. The van der Waals surface area contributed by atoms with E-state index in [9.17, 15) is 4.79 Å². The van der Waals surface area contributed by atoms with Gasteiger partial charge in [-0.05, 0) is 11.1 Å². The lowest BCUT2D eigenvalue weighted by Gasteiger charge is -2.30. The van der Waals surface area contributed by atoms with E-state index in [1.165, 1.54) is 11.3 Å². The lowest BCUT2D eigenvalue weighted by Crippen LogP contribution is -2.36. The number of hydrazine groups is 1. The first-order chi connectivity index (χ1) is 9.17. The number of nitrogens with two attached hydrogens (primary N) is 1. The first kappa shape index (κ1) is 14.4. The first-order valence-electron chi connectivity index (χ1n) is 6.58. The Hall–Kier alpha value is -1.04. The number of hydrogen-bond acceptors (Lipinski definition) is 4. The molecule has 1 aromatic rings. The third-order valence-corrected chi connectivity index (χ3v) is 4.42. The van der Waals surface area contributed by atoms with Gasteiger partial charge in [0.15, 0.2) is 0 Å². The Morgan fingerprint density at radius 2 is 2.11 bits per heavy atom. The molecule has 3 N–H and O–H groups in total. The van der Waals surface area contributed by atoms with Crippen molar-refractivity contribution >= 4 is 17.7 Å². The molecule has 2 rings (SSSR count). The van der Waals surface area contributed by atoms with Crippen LogP contribution in [0, 0.1) is 0 Å². The van der Waals surface area contributed by atoms with Crippen LogP contribution in [0.2, 0.25) is 0 Å². The molecule has 1 atom stereocenters. The molecule has 0 saturated carbocycles. The Morgan fingerprint density at radius 3 is 2.74 bits per heavy atom. The van der Waals surface area contributed by atoms with Crippen LogP contribution in [0.25, 0.3) is 0 Å². The van der Waals surface area contributed by atoms with Crippen molar-refractivity contribution in [3.63, 3.8) is 0 Å². The van der Waals surface area contributed by atoms with E-state index in [-0.39, 0.29) is 5.91 Å². The third-order valence-electron chi connectivity index (χ3n) is 3.28. The molecule has 0 bridgehead atoms. The van der Waals surface area contributed by atoms with Gasteiger partial charge in [0.2, 0.25) is 5.91 Å². The molecule has 1 amide bonds. The van der Waals surface area contributed by atoms with Crippen molar-refractivity contribution in [1.29, 1.82) is 0 Å². The Kier molecular flexibility index (Phi) is 5.24. The number of hydrogen-bond donors (Lipinski definition) is 2. The van der Waals surface area contributed by atoms with Crippen LogP contribution in [0.1, 0.15) is 18.1 Å². The van der Waals surface area contributed by atoms with Gasteiger partial charge >= 0.3 is 0 Å². The molecule has 0 aliphatic carbocycles. The fourth-order valence-electron chi connectivity index (χ4n) is 2.29. The maximum Gasteiger partial charge on any atom is 0.238 e. The molecule has 1 aliphatic heterocycles. The topological polar surface area (TPSA) is 58.4 Å². The van der Waals surface area contributed by atoms with Crippen LogP contribution >= 0.6 is 11.8 Å². The van der Waals surface area contributed by atoms with Crippen LogP contribution in [-0.4, -0.2) is 34.9 Å². The minimum absolute atomic E-state index is 0.158. The zero-order valence-corrected chi connectivity index (χ0v) is 12.1. The summed E-state index contributed by atoms with van der Waals surface area (Å²) in [5.74, 6) is 6.14. The largest absolute Gasteiger partial charge is 0.297 e. The van der Waals surface area contributed by atoms with E-state index >= 15 is 0 Å². The van der Waals surface area contributed by atoms with Crippen molar-refractivity contribution in [1.82, 2.24) is 10.3 Å². The van der Waals surface area contributed by atoms with E-state index in [2.05, 4.69) is 29.4 Å². The number of amides is 1. The van der Waals surface area contributed by atoms with Crippen molar-refractivity contribution in [3.8, 4) is 0 Å². The van der Waals surface area contributed by atoms with Gasteiger partial charge in [0.1, 0.15) is 0 Å². The molecule has 0 aromatic heterocycles. The highest BCUT2D eigenvalue weighted by Gasteiger charge is 2.16. The van der Waals surface area contributed by atoms with Gasteiger partial charge in [0.05, 0.1) is 6.42 Å². The second-order valence-electron chi connectivity index (χ2n) is 4.98. The molecule has 1 heterocycles. The molecule has 1 fully saturated rings. The lowest BCUT2D eigenvalue weighted by atomic mass is 10.1. The molecule has 1 unspecified atom stereocenters.